The van der Waals surface area contributed by atoms with Gasteiger partial charge < -0.3 is 14.9 Å². The summed E-state index contributed by atoms with van der Waals surface area (Å²) in [5.41, 5.74) is 0. The minimum atomic E-state index is -0.712. The monoisotopic (exact) mass is 298 g/mol. The van der Waals surface area contributed by atoms with Crippen molar-refractivity contribution in [3.8, 4) is 0 Å². The molecule has 5 nitrogen and oxygen atoms in total. The number of hydrogen-bond donors (Lipinski definition) is 1. The molecule has 1 rings (SSSR count). The second-order valence-corrected chi connectivity index (χ2v) is 5.96. The average Bonchev–Trinajstić information content (AvgIpc) is 2.94. The first-order valence-electron chi connectivity index (χ1n) is 8.31. The van der Waals surface area contributed by atoms with Crippen LogP contribution in [0.5, 0.6) is 0 Å². The second-order valence-electron chi connectivity index (χ2n) is 5.96. The summed E-state index contributed by atoms with van der Waals surface area (Å²) in [5.74, 6) is -0.747. The molecule has 1 saturated heterocycles. The standard InChI is InChI=1S/C16H30N2O3/c1-3-5-9-18(10-6-4-2)15(19)8-12-17-11-7-14(13-17)16(20)21/h14H,3-13H2,1-2H3,(H,20,21). The van der Waals surface area contributed by atoms with E-state index in [4.69, 9.17) is 5.11 Å². The van der Waals surface area contributed by atoms with Gasteiger partial charge in [0.1, 0.15) is 0 Å². The molecule has 1 aliphatic rings. The van der Waals surface area contributed by atoms with Gasteiger partial charge in [-0.2, -0.15) is 0 Å². The number of likely N-dealkylation sites (tertiary alicyclic amines) is 1. The van der Waals surface area contributed by atoms with E-state index in [9.17, 15) is 9.59 Å². The molecule has 1 N–H and O–H groups in total. The molecule has 0 radical (unpaired) electrons. The molecule has 1 heterocycles. The topological polar surface area (TPSA) is 60.9 Å². The van der Waals surface area contributed by atoms with E-state index in [1.807, 2.05) is 4.90 Å². The molecule has 1 fully saturated rings. The van der Waals surface area contributed by atoms with E-state index >= 15 is 0 Å². The fraction of sp³-hybridized carbons (Fsp3) is 0.875. The summed E-state index contributed by atoms with van der Waals surface area (Å²) in [6.45, 7) is 8.07. The molecule has 5 heteroatoms. The van der Waals surface area contributed by atoms with Crippen molar-refractivity contribution in [2.75, 3.05) is 32.7 Å². The van der Waals surface area contributed by atoms with Crippen molar-refractivity contribution in [2.45, 2.75) is 52.4 Å². The first-order valence-corrected chi connectivity index (χ1v) is 8.31. The number of unbranched alkanes of at least 4 members (excludes halogenated alkanes) is 2. The number of aliphatic carboxylic acids is 1. The molecule has 122 valence electrons. The van der Waals surface area contributed by atoms with Gasteiger partial charge >= 0.3 is 5.97 Å². The smallest absolute Gasteiger partial charge is 0.307 e. The molecule has 0 spiro atoms. The van der Waals surface area contributed by atoms with Gasteiger partial charge in [0, 0.05) is 32.6 Å². The van der Waals surface area contributed by atoms with Crippen LogP contribution in [-0.4, -0.2) is 59.5 Å². The normalized spacial score (nSPS) is 18.9. The van der Waals surface area contributed by atoms with Gasteiger partial charge in [-0.15, -0.1) is 0 Å². The Labute approximate surface area is 128 Å². The fourth-order valence-corrected chi connectivity index (χ4v) is 2.71. The zero-order chi connectivity index (χ0) is 15.7. The first kappa shape index (κ1) is 18.0. The Hall–Kier alpha value is -1.10. The highest BCUT2D eigenvalue weighted by atomic mass is 16.4. The lowest BCUT2D eigenvalue weighted by molar-refractivity contribution is -0.141. The van der Waals surface area contributed by atoms with Gasteiger partial charge in [-0.05, 0) is 25.8 Å². The van der Waals surface area contributed by atoms with Crippen molar-refractivity contribution < 1.29 is 14.7 Å². The molecule has 21 heavy (non-hydrogen) atoms. The number of nitrogens with zero attached hydrogens (tertiary/aromatic N) is 2. The van der Waals surface area contributed by atoms with Crippen LogP contribution in [-0.2, 0) is 9.59 Å². The molecule has 1 atom stereocenters. The van der Waals surface area contributed by atoms with Crippen LogP contribution in [0.2, 0.25) is 0 Å². The van der Waals surface area contributed by atoms with Gasteiger partial charge in [-0.1, -0.05) is 26.7 Å². The van der Waals surface area contributed by atoms with Gasteiger partial charge in [0.25, 0.3) is 0 Å². The highest BCUT2D eigenvalue weighted by Gasteiger charge is 2.28. The van der Waals surface area contributed by atoms with Crippen LogP contribution >= 0.6 is 0 Å². The number of amides is 1. The van der Waals surface area contributed by atoms with E-state index in [1.54, 1.807) is 0 Å². The van der Waals surface area contributed by atoms with Crippen LogP contribution in [0.15, 0.2) is 0 Å². The average molecular weight is 298 g/mol. The second kappa shape index (κ2) is 9.77. The van der Waals surface area contributed by atoms with Crippen LogP contribution in [0.4, 0.5) is 0 Å². The molecule has 0 aliphatic carbocycles. The van der Waals surface area contributed by atoms with Crippen LogP contribution in [0.25, 0.3) is 0 Å². The Kier molecular flexibility index (Phi) is 8.35. The molecule has 1 aliphatic heterocycles. The summed E-state index contributed by atoms with van der Waals surface area (Å²) in [7, 11) is 0. The lowest BCUT2D eigenvalue weighted by Crippen LogP contribution is -2.35. The summed E-state index contributed by atoms with van der Waals surface area (Å²) in [5, 5.41) is 8.99. The molecule has 0 aromatic carbocycles. The van der Waals surface area contributed by atoms with Gasteiger partial charge in [-0.3, -0.25) is 9.59 Å². The zero-order valence-corrected chi connectivity index (χ0v) is 13.5. The summed E-state index contributed by atoms with van der Waals surface area (Å²) in [6.07, 6.45) is 5.53. The predicted molar refractivity (Wildman–Crippen MR) is 83.2 cm³/mol. The maximum Gasteiger partial charge on any atom is 0.307 e. The minimum Gasteiger partial charge on any atom is -0.481 e. The maximum absolute atomic E-state index is 12.3. The third-order valence-corrected chi connectivity index (χ3v) is 4.18. The van der Waals surface area contributed by atoms with Gasteiger partial charge in [0.05, 0.1) is 5.92 Å². The summed E-state index contributed by atoms with van der Waals surface area (Å²) in [6, 6.07) is 0. The Morgan fingerprint density at radius 2 is 1.81 bits per heavy atom. The largest absolute Gasteiger partial charge is 0.481 e. The molecule has 0 bridgehead atoms. The van der Waals surface area contributed by atoms with Crippen LogP contribution < -0.4 is 0 Å². The molecule has 0 aromatic heterocycles. The number of carbonyl (C=O) groups is 2. The molecule has 0 saturated carbocycles. The van der Waals surface area contributed by atoms with Crippen molar-refractivity contribution >= 4 is 11.9 Å². The quantitative estimate of drug-likeness (QED) is 0.672. The lowest BCUT2D eigenvalue weighted by atomic mass is 10.1. The van der Waals surface area contributed by atoms with E-state index in [-0.39, 0.29) is 11.8 Å². The molecule has 0 aromatic rings. The molecule has 1 amide bonds. The minimum absolute atomic E-state index is 0.218. The van der Waals surface area contributed by atoms with E-state index < -0.39 is 5.97 Å². The van der Waals surface area contributed by atoms with E-state index in [2.05, 4.69) is 18.7 Å². The number of hydrogen-bond acceptors (Lipinski definition) is 3. The third-order valence-electron chi connectivity index (χ3n) is 4.18. The number of carbonyl (C=O) groups excluding carboxylic acids is 1. The highest BCUT2D eigenvalue weighted by Crippen LogP contribution is 2.16. The van der Waals surface area contributed by atoms with Crippen LogP contribution in [0, 0.1) is 5.92 Å². The maximum atomic E-state index is 12.3. The zero-order valence-electron chi connectivity index (χ0n) is 13.5. The van der Waals surface area contributed by atoms with Gasteiger partial charge in [0.2, 0.25) is 5.91 Å². The summed E-state index contributed by atoms with van der Waals surface area (Å²) in [4.78, 5) is 27.3. The first-order chi connectivity index (χ1) is 10.1. The van der Waals surface area contributed by atoms with E-state index in [1.165, 1.54) is 0 Å². The SMILES string of the molecule is CCCCN(CCCC)C(=O)CCN1CCC(C(=O)O)C1. The van der Waals surface area contributed by atoms with Crippen molar-refractivity contribution in [3.05, 3.63) is 0 Å². The van der Waals surface area contributed by atoms with Crippen molar-refractivity contribution in [1.82, 2.24) is 9.80 Å². The number of carboxylic acid groups (broad SMARTS) is 1. The molecule has 1 unspecified atom stereocenters. The fourth-order valence-electron chi connectivity index (χ4n) is 2.71. The Morgan fingerprint density at radius 3 is 2.29 bits per heavy atom. The Balaban J connectivity index is 2.33. The van der Waals surface area contributed by atoms with Crippen molar-refractivity contribution in [1.29, 1.82) is 0 Å². The van der Waals surface area contributed by atoms with E-state index in [0.717, 1.165) is 45.3 Å². The lowest BCUT2D eigenvalue weighted by Gasteiger charge is -2.24. The summed E-state index contributed by atoms with van der Waals surface area (Å²) < 4.78 is 0. The van der Waals surface area contributed by atoms with Crippen LogP contribution in [0.1, 0.15) is 52.4 Å². The van der Waals surface area contributed by atoms with Crippen molar-refractivity contribution in [2.24, 2.45) is 5.92 Å². The molecular weight excluding hydrogens is 268 g/mol. The van der Waals surface area contributed by atoms with Crippen molar-refractivity contribution in [3.63, 3.8) is 0 Å². The third kappa shape index (κ3) is 6.46. The van der Waals surface area contributed by atoms with Gasteiger partial charge in [-0.25, -0.2) is 0 Å². The number of rotatable bonds is 10. The molecular formula is C16H30N2O3. The van der Waals surface area contributed by atoms with E-state index in [0.29, 0.717) is 25.9 Å². The highest BCUT2D eigenvalue weighted by molar-refractivity contribution is 5.76. The van der Waals surface area contributed by atoms with Gasteiger partial charge in [0.15, 0.2) is 0 Å². The Bertz CT molecular complexity index is 325. The van der Waals surface area contributed by atoms with Crippen LogP contribution in [0.3, 0.4) is 0 Å². The Morgan fingerprint density at radius 1 is 1.19 bits per heavy atom. The summed E-state index contributed by atoms with van der Waals surface area (Å²) >= 11 is 0. The predicted octanol–water partition coefficient (Wildman–Crippen LogP) is 2.21. The number of carboxylic acids is 1.